The van der Waals surface area contributed by atoms with E-state index in [1.807, 2.05) is 0 Å². The molecule has 0 fully saturated rings. The first-order chi connectivity index (χ1) is 7.61. The lowest BCUT2D eigenvalue weighted by Crippen LogP contribution is -1.95. The van der Waals surface area contributed by atoms with Crippen LogP contribution in [0.2, 0.25) is 0 Å². The molecule has 0 spiro atoms. The summed E-state index contributed by atoms with van der Waals surface area (Å²) in [5, 5.41) is 8.59. The maximum absolute atomic E-state index is 10.5. The molecule has 1 N–H and O–H groups in total. The first kappa shape index (κ1) is 13.4. The van der Waals surface area contributed by atoms with Crippen molar-refractivity contribution in [3.8, 4) is 0 Å². The molecule has 0 saturated heterocycles. The highest BCUT2D eigenvalue weighted by atomic mass is 16.4. The monoisotopic (exact) mass is 220 g/mol. The Kier molecular flexibility index (Phi) is 6.57. The minimum atomic E-state index is -1.12. The summed E-state index contributed by atoms with van der Waals surface area (Å²) in [6.07, 6.45) is 7.48. The van der Waals surface area contributed by atoms with E-state index in [0.29, 0.717) is 0 Å². The van der Waals surface area contributed by atoms with E-state index in [9.17, 15) is 14.4 Å². The van der Waals surface area contributed by atoms with Crippen LogP contribution in [0.15, 0.2) is 45.7 Å². The number of carboxylic acid groups (broad SMARTS) is 1. The highest BCUT2D eigenvalue weighted by Gasteiger charge is 2.00. The third-order valence-corrected chi connectivity index (χ3v) is 1.36. The number of carbonyl (C=O) groups excluding carboxylic acids is 2. The first-order valence-electron chi connectivity index (χ1n) is 4.05. The van der Waals surface area contributed by atoms with Crippen molar-refractivity contribution in [3.05, 3.63) is 35.7 Å². The molecule has 0 amide bonds. The number of isocyanates is 2. The molecule has 0 aliphatic rings. The van der Waals surface area contributed by atoms with Crippen molar-refractivity contribution in [1.82, 2.24) is 0 Å². The van der Waals surface area contributed by atoms with Crippen molar-refractivity contribution in [2.45, 2.75) is 6.92 Å². The molecule has 0 atom stereocenters. The van der Waals surface area contributed by atoms with Crippen LogP contribution in [0.3, 0.4) is 0 Å². The maximum Gasteiger partial charge on any atom is 0.331 e. The molecule has 0 aromatic carbocycles. The number of nitrogens with zero attached hydrogens (tertiary/aromatic N) is 2. The molecule has 82 valence electrons. The molecule has 0 rings (SSSR count). The lowest BCUT2D eigenvalue weighted by Gasteiger charge is -1.92. The van der Waals surface area contributed by atoms with Gasteiger partial charge in [-0.15, -0.1) is 0 Å². The molecule has 0 saturated carbocycles. The topological polar surface area (TPSA) is 96.2 Å². The first-order valence-corrected chi connectivity index (χ1v) is 4.05. The van der Waals surface area contributed by atoms with E-state index >= 15 is 0 Å². The van der Waals surface area contributed by atoms with Gasteiger partial charge in [0.25, 0.3) is 0 Å². The summed E-state index contributed by atoms with van der Waals surface area (Å²) in [6.45, 7) is 1.35. The second-order valence-corrected chi connectivity index (χ2v) is 2.49. The van der Waals surface area contributed by atoms with Gasteiger partial charge in [-0.3, -0.25) is 0 Å². The molecule has 0 aliphatic carbocycles. The molecule has 6 heteroatoms. The third-order valence-electron chi connectivity index (χ3n) is 1.36. The molecular weight excluding hydrogens is 212 g/mol. The Morgan fingerprint density at radius 1 is 1.31 bits per heavy atom. The van der Waals surface area contributed by atoms with Gasteiger partial charge in [-0.1, -0.05) is 0 Å². The number of carbonyl (C=O) groups is 1. The van der Waals surface area contributed by atoms with E-state index in [-0.39, 0.29) is 11.3 Å². The van der Waals surface area contributed by atoms with E-state index in [2.05, 4.69) is 9.98 Å². The molecule has 0 heterocycles. The number of allylic oxidation sites excluding steroid dienone is 3. The summed E-state index contributed by atoms with van der Waals surface area (Å²) < 4.78 is 0. The number of rotatable bonds is 5. The van der Waals surface area contributed by atoms with Gasteiger partial charge in [0.1, 0.15) is 0 Å². The third kappa shape index (κ3) is 5.99. The zero-order valence-corrected chi connectivity index (χ0v) is 8.38. The van der Waals surface area contributed by atoms with Crippen molar-refractivity contribution >= 4 is 18.1 Å². The van der Waals surface area contributed by atoms with Gasteiger partial charge in [-0.25, -0.2) is 14.4 Å². The van der Waals surface area contributed by atoms with Crippen molar-refractivity contribution in [2.24, 2.45) is 9.98 Å². The number of aliphatic carboxylic acids is 1. The second kappa shape index (κ2) is 7.82. The van der Waals surface area contributed by atoms with Crippen molar-refractivity contribution in [1.29, 1.82) is 0 Å². The minimum absolute atomic E-state index is 0.0116. The van der Waals surface area contributed by atoms with Gasteiger partial charge in [0, 0.05) is 11.8 Å². The number of carboxylic acids is 1. The number of hydrogen-bond donors (Lipinski definition) is 1. The Labute approximate surface area is 91.0 Å². The van der Waals surface area contributed by atoms with Gasteiger partial charge in [0.15, 0.2) is 0 Å². The Bertz CT molecular complexity index is 447. The fraction of sp³-hybridized carbons (Fsp3) is 0.100. The summed E-state index contributed by atoms with van der Waals surface area (Å²) in [6, 6.07) is 0. The van der Waals surface area contributed by atoms with E-state index in [1.54, 1.807) is 0 Å². The molecule has 6 nitrogen and oxygen atoms in total. The molecule has 0 aliphatic heterocycles. The van der Waals surface area contributed by atoms with Gasteiger partial charge in [-0.2, -0.15) is 9.98 Å². The van der Waals surface area contributed by atoms with Crippen LogP contribution in [0.4, 0.5) is 0 Å². The van der Waals surface area contributed by atoms with Crippen molar-refractivity contribution in [2.75, 3.05) is 0 Å². The molecular formula is C10H8N2O4. The van der Waals surface area contributed by atoms with Crippen LogP contribution in [0, 0.1) is 0 Å². The highest BCUT2D eigenvalue weighted by Crippen LogP contribution is 2.04. The van der Waals surface area contributed by atoms with Gasteiger partial charge in [-0.05, 0) is 25.2 Å². The normalized spacial score (nSPS) is 11.8. The lowest BCUT2D eigenvalue weighted by atomic mass is 10.2. The van der Waals surface area contributed by atoms with Crippen LogP contribution < -0.4 is 0 Å². The maximum atomic E-state index is 10.5. The standard InChI is InChI=1S/C10H8N2O4/c1-8(10(15)16)5-9(12-7-14)3-2-4-11-6-13/h2-5H,1H3,(H,15,16). The molecule has 16 heavy (non-hydrogen) atoms. The summed E-state index contributed by atoms with van der Waals surface area (Å²) >= 11 is 0. The summed E-state index contributed by atoms with van der Waals surface area (Å²) in [4.78, 5) is 36.6. The molecule has 0 unspecified atom stereocenters. The summed E-state index contributed by atoms with van der Waals surface area (Å²) in [5.41, 5.74) is 0.102. The van der Waals surface area contributed by atoms with E-state index in [1.165, 1.54) is 37.3 Å². The van der Waals surface area contributed by atoms with Gasteiger partial charge < -0.3 is 5.11 Å². The van der Waals surface area contributed by atoms with Crippen LogP contribution in [0.1, 0.15) is 6.92 Å². The van der Waals surface area contributed by atoms with E-state index in [0.717, 1.165) is 6.20 Å². The quantitative estimate of drug-likeness (QED) is 0.324. The van der Waals surface area contributed by atoms with Gasteiger partial charge in [0.05, 0.1) is 5.70 Å². The minimum Gasteiger partial charge on any atom is -0.478 e. The molecule has 0 aromatic heterocycles. The Hall–Kier alpha value is -2.55. The average Bonchev–Trinajstić information content (AvgIpc) is 2.24. The van der Waals surface area contributed by atoms with E-state index < -0.39 is 5.97 Å². The fourth-order valence-corrected chi connectivity index (χ4v) is 0.669. The van der Waals surface area contributed by atoms with Gasteiger partial charge in [0.2, 0.25) is 12.2 Å². The van der Waals surface area contributed by atoms with Crippen LogP contribution >= 0.6 is 0 Å². The lowest BCUT2D eigenvalue weighted by molar-refractivity contribution is -0.132. The van der Waals surface area contributed by atoms with Crippen LogP contribution in [0.5, 0.6) is 0 Å². The Balaban J connectivity index is 5.01. The smallest absolute Gasteiger partial charge is 0.331 e. The second-order valence-electron chi connectivity index (χ2n) is 2.49. The predicted molar refractivity (Wildman–Crippen MR) is 54.9 cm³/mol. The number of aliphatic imine (C=N–C) groups is 2. The van der Waals surface area contributed by atoms with Crippen molar-refractivity contribution in [3.63, 3.8) is 0 Å². The van der Waals surface area contributed by atoms with Gasteiger partial charge >= 0.3 is 5.97 Å². The summed E-state index contributed by atoms with van der Waals surface area (Å²) in [7, 11) is 0. The molecule has 0 bridgehead atoms. The van der Waals surface area contributed by atoms with Crippen LogP contribution in [-0.4, -0.2) is 23.2 Å². The zero-order chi connectivity index (χ0) is 12.4. The zero-order valence-electron chi connectivity index (χ0n) is 8.38. The fourth-order valence-electron chi connectivity index (χ4n) is 0.669. The largest absolute Gasteiger partial charge is 0.478 e. The Morgan fingerprint density at radius 2 is 2.00 bits per heavy atom. The Morgan fingerprint density at radius 3 is 2.50 bits per heavy atom. The average molecular weight is 220 g/mol. The van der Waals surface area contributed by atoms with E-state index in [4.69, 9.17) is 5.11 Å². The molecule has 0 radical (unpaired) electrons. The van der Waals surface area contributed by atoms with Crippen LogP contribution in [-0.2, 0) is 14.4 Å². The van der Waals surface area contributed by atoms with Crippen molar-refractivity contribution < 1.29 is 19.5 Å². The number of hydrogen-bond acceptors (Lipinski definition) is 5. The molecule has 0 aromatic rings. The predicted octanol–water partition coefficient (Wildman–Crippen LogP) is 1.09. The summed E-state index contributed by atoms with van der Waals surface area (Å²) in [5.74, 6) is -1.12. The van der Waals surface area contributed by atoms with Crippen LogP contribution in [0.25, 0.3) is 0 Å². The highest BCUT2D eigenvalue weighted by molar-refractivity contribution is 5.86. The SMILES string of the molecule is CC(=CC(=CC=CN=C=O)N=C=O)C(=O)O.